The number of rotatable bonds is 2. The van der Waals surface area contributed by atoms with Gasteiger partial charge in [-0.05, 0) is 233 Å². The van der Waals surface area contributed by atoms with Crippen molar-refractivity contribution in [1.82, 2.24) is 0 Å². The third kappa shape index (κ3) is 7.99. The van der Waals surface area contributed by atoms with Gasteiger partial charge in [-0.3, -0.25) is 4.79 Å². The van der Waals surface area contributed by atoms with Crippen LogP contribution in [0, 0.1) is 81.8 Å². The summed E-state index contributed by atoms with van der Waals surface area (Å²) in [6.45, 7) is 17.3. The molecule has 0 amide bonds. The second kappa shape index (κ2) is 15.8. The first-order valence-electron chi connectivity index (χ1n) is 22.3. The predicted octanol–water partition coefficient (Wildman–Crippen LogP) is 10.7. The highest BCUT2D eigenvalue weighted by Gasteiger charge is 2.58. The largest absolute Gasteiger partial charge is 0.393 e. The molecule has 51 heavy (non-hydrogen) atoms. The number of hydrogen-bond donors (Lipinski definition) is 3. The van der Waals surface area contributed by atoms with Crippen molar-refractivity contribution in [3.63, 3.8) is 0 Å². The maximum absolute atomic E-state index is 12.3. The van der Waals surface area contributed by atoms with Crippen LogP contribution in [0.2, 0.25) is 0 Å². The van der Waals surface area contributed by atoms with Crippen LogP contribution in [0.5, 0.6) is 0 Å². The Bertz CT molecular complexity index is 1180. The minimum absolute atomic E-state index is 0.143. The third-order valence-electron chi connectivity index (χ3n) is 18.1. The van der Waals surface area contributed by atoms with Crippen LogP contribution in [0.15, 0.2) is 0 Å². The number of aliphatic hydroxyl groups is 3. The smallest absolute Gasteiger partial charge is 0.133 e. The standard InChI is InChI=1S/C22H38O2.C22H36O2.C2H7P/c2*1-14(23)19-5-4-6-20-18-8-7-15-13-21(2,24)11-9-16(15)17(18)10-12-22(19,20)3;1-3-2/h14-20,23-24H,4-13H2,1-3H3;15-20,24H,4-13H2,1-3H3;3H,1-2H3/t14?,15-,16+,17-,18-,19-,20+,21-,22-;15-,16+,17-,18-,19-,20+,21-,22-;/m11./s1. The first-order chi connectivity index (χ1) is 24.0. The molecular weight excluding hydrogens is 647 g/mol. The van der Waals surface area contributed by atoms with Crippen LogP contribution in [0.4, 0.5) is 0 Å². The van der Waals surface area contributed by atoms with Gasteiger partial charge in [0.2, 0.25) is 0 Å². The van der Waals surface area contributed by atoms with Gasteiger partial charge in [0.15, 0.2) is 0 Å². The van der Waals surface area contributed by atoms with E-state index in [0.717, 1.165) is 99.9 Å². The summed E-state index contributed by atoms with van der Waals surface area (Å²) in [5.74, 6) is 9.70. The first kappa shape index (κ1) is 40.6. The van der Waals surface area contributed by atoms with Crippen LogP contribution in [-0.2, 0) is 4.79 Å². The van der Waals surface area contributed by atoms with Crippen molar-refractivity contribution in [2.45, 2.75) is 187 Å². The van der Waals surface area contributed by atoms with E-state index < -0.39 is 11.2 Å². The van der Waals surface area contributed by atoms with Gasteiger partial charge in [-0.15, -0.1) is 8.58 Å². The minimum Gasteiger partial charge on any atom is -0.393 e. The molecular formula is C46H81O4P. The molecule has 0 radical (unpaired) electrons. The predicted molar refractivity (Wildman–Crippen MR) is 214 cm³/mol. The van der Waals surface area contributed by atoms with Gasteiger partial charge >= 0.3 is 0 Å². The molecule has 8 rings (SSSR count). The Morgan fingerprint density at radius 3 is 1.49 bits per heavy atom. The Morgan fingerprint density at radius 2 is 1.02 bits per heavy atom. The Balaban J connectivity index is 0.000000163. The molecule has 8 saturated carbocycles. The Kier molecular flexibility index (Phi) is 12.6. The lowest BCUT2D eigenvalue weighted by atomic mass is 9.44. The maximum atomic E-state index is 12.3. The molecule has 17 atom stereocenters. The van der Waals surface area contributed by atoms with Crippen LogP contribution in [0.3, 0.4) is 0 Å². The fraction of sp³-hybridized carbons (Fsp3) is 0.978. The van der Waals surface area contributed by atoms with E-state index in [4.69, 9.17) is 0 Å². The number of hydrogen-bond acceptors (Lipinski definition) is 4. The highest BCUT2D eigenvalue weighted by atomic mass is 31.1. The van der Waals surface area contributed by atoms with Crippen LogP contribution in [0.25, 0.3) is 0 Å². The topological polar surface area (TPSA) is 77.8 Å². The average molecular weight is 729 g/mol. The number of ketones is 1. The summed E-state index contributed by atoms with van der Waals surface area (Å²) in [4.78, 5) is 12.3. The fourth-order valence-electron chi connectivity index (χ4n) is 16.1. The van der Waals surface area contributed by atoms with E-state index >= 15 is 0 Å². The molecule has 4 nitrogen and oxygen atoms in total. The lowest BCUT2D eigenvalue weighted by molar-refractivity contribution is -0.146. The zero-order chi connectivity index (χ0) is 36.9. The summed E-state index contributed by atoms with van der Waals surface area (Å²) in [6.07, 6.45) is 24.8. The summed E-state index contributed by atoms with van der Waals surface area (Å²) in [5.41, 5.74) is -0.167. The molecule has 294 valence electrons. The molecule has 8 fully saturated rings. The quantitative estimate of drug-likeness (QED) is 0.247. The molecule has 0 aromatic rings. The molecule has 0 heterocycles. The van der Waals surface area contributed by atoms with Gasteiger partial charge in [-0.25, -0.2) is 0 Å². The van der Waals surface area contributed by atoms with Crippen molar-refractivity contribution in [2.75, 3.05) is 13.3 Å². The Morgan fingerprint density at radius 1 is 0.588 bits per heavy atom. The fourth-order valence-corrected chi connectivity index (χ4v) is 16.1. The summed E-state index contributed by atoms with van der Waals surface area (Å²) in [7, 11) is 1.08. The lowest BCUT2D eigenvalue weighted by Gasteiger charge is -2.61. The van der Waals surface area contributed by atoms with E-state index in [1.54, 1.807) is 0 Å². The zero-order valence-electron chi connectivity index (χ0n) is 34.4. The molecule has 8 aliphatic carbocycles. The van der Waals surface area contributed by atoms with Crippen molar-refractivity contribution in [3.05, 3.63) is 0 Å². The van der Waals surface area contributed by atoms with Gasteiger partial charge in [0, 0.05) is 5.92 Å². The van der Waals surface area contributed by atoms with Crippen LogP contribution < -0.4 is 0 Å². The molecule has 1 unspecified atom stereocenters. The minimum atomic E-state index is -0.415. The highest BCUT2D eigenvalue weighted by molar-refractivity contribution is 7.35. The summed E-state index contributed by atoms with van der Waals surface area (Å²) in [6, 6.07) is 0. The Labute approximate surface area is 316 Å². The number of carbonyl (C=O) groups excluding carboxylic acids is 1. The van der Waals surface area contributed by atoms with Crippen molar-refractivity contribution in [2.24, 2.45) is 81.8 Å². The van der Waals surface area contributed by atoms with Gasteiger partial charge in [0.1, 0.15) is 5.78 Å². The molecule has 0 bridgehead atoms. The Hall–Kier alpha value is -0.0200. The van der Waals surface area contributed by atoms with Crippen LogP contribution in [0.1, 0.15) is 170 Å². The lowest BCUT2D eigenvalue weighted by Crippen LogP contribution is -2.55. The van der Waals surface area contributed by atoms with Crippen LogP contribution >= 0.6 is 8.58 Å². The molecule has 5 heteroatoms. The second-order valence-electron chi connectivity index (χ2n) is 21.3. The number of Topliss-reactive ketones (excluding diaryl/α,β-unsaturated/α-hetero) is 1. The molecule has 0 saturated heterocycles. The molecule has 0 aromatic heterocycles. The van der Waals surface area contributed by atoms with Crippen molar-refractivity contribution in [1.29, 1.82) is 0 Å². The van der Waals surface area contributed by atoms with Crippen LogP contribution in [-0.4, -0.2) is 51.7 Å². The molecule has 0 spiro atoms. The second-order valence-corrected chi connectivity index (χ2v) is 22.3. The highest BCUT2D eigenvalue weighted by Crippen LogP contribution is 2.65. The van der Waals surface area contributed by atoms with Gasteiger partial charge in [0.25, 0.3) is 0 Å². The monoisotopic (exact) mass is 729 g/mol. The number of carbonyl (C=O) groups is 1. The summed E-state index contributed by atoms with van der Waals surface area (Å²) >= 11 is 0. The van der Waals surface area contributed by atoms with E-state index in [2.05, 4.69) is 34.1 Å². The molecule has 8 aliphatic rings. The zero-order valence-corrected chi connectivity index (χ0v) is 35.4. The molecule has 3 N–H and O–H groups in total. The van der Waals surface area contributed by atoms with E-state index in [1.807, 2.05) is 20.8 Å². The molecule has 0 aliphatic heterocycles. The van der Waals surface area contributed by atoms with E-state index in [-0.39, 0.29) is 11.5 Å². The van der Waals surface area contributed by atoms with Crippen molar-refractivity contribution < 1.29 is 20.1 Å². The van der Waals surface area contributed by atoms with E-state index in [1.165, 1.54) is 96.3 Å². The maximum Gasteiger partial charge on any atom is 0.133 e. The normalized spacial score (nSPS) is 52.2. The van der Waals surface area contributed by atoms with Crippen molar-refractivity contribution in [3.8, 4) is 0 Å². The number of aliphatic hydroxyl groups excluding tert-OH is 1. The molecule has 0 aromatic carbocycles. The SMILES string of the molecule is CC(=O)[C@H]1CCC[C@H]2[C@@H]3CC[C@@H]4C[C@](C)(O)CC[C@@H]4[C@H]3CC[C@]12C.CC(O)[C@H]1CCC[C@H]2[C@@H]3CC[C@@H]4C[C@](C)(O)CC[C@@H]4[C@H]3CC[C@]12C.CPC. The van der Waals surface area contributed by atoms with Gasteiger partial charge < -0.3 is 15.3 Å². The van der Waals surface area contributed by atoms with E-state index in [0.29, 0.717) is 23.0 Å². The average Bonchev–Trinajstić information content (AvgIpc) is 3.06. The first-order valence-corrected chi connectivity index (χ1v) is 24.3. The van der Waals surface area contributed by atoms with Gasteiger partial charge in [0.05, 0.1) is 17.3 Å². The number of fused-ring (bicyclic) bond motifs is 10. The summed E-state index contributed by atoms with van der Waals surface area (Å²) < 4.78 is 0. The van der Waals surface area contributed by atoms with E-state index in [9.17, 15) is 20.1 Å². The van der Waals surface area contributed by atoms with Crippen molar-refractivity contribution >= 4 is 14.4 Å². The van der Waals surface area contributed by atoms with Gasteiger partial charge in [-0.2, -0.15) is 0 Å². The summed E-state index contributed by atoms with van der Waals surface area (Å²) in [5, 5.41) is 31.4. The third-order valence-corrected chi connectivity index (χ3v) is 18.1. The van der Waals surface area contributed by atoms with Gasteiger partial charge in [-0.1, -0.05) is 26.7 Å².